The largest absolute Gasteiger partial charge is 0.481 e. The number of carboxylic acids is 1. The van der Waals surface area contributed by atoms with Crippen molar-refractivity contribution in [3.05, 3.63) is 17.5 Å². The van der Waals surface area contributed by atoms with Gasteiger partial charge >= 0.3 is 12.1 Å². The van der Waals surface area contributed by atoms with E-state index in [-0.39, 0.29) is 5.56 Å². The van der Waals surface area contributed by atoms with Gasteiger partial charge in [0.2, 0.25) is 0 Å². The highest BCUT2D eigenvalue weighted by molar-refractivity contribution is 5.76. The summed E-state index contributed by atoms with van der Waals surface area (Å²) in [5.41, 5.74) is -1.41. The van der Waals surface area contributed by atoms with Crippen LogP contribution in [0.2, 0.25) is 0 Å². The third kappa shape index (κ3) is 2.34. The number of nitrogens with one attached hydrogen (secondary N) is 1. The number of carbonyl (C=O) groups is 1. The van der Waals surface area contributed by atoms with E-state index in [0.29, 0.717) is 0 Å². The molecule has 0 saturated heterocycles. The first-order chi connectivity index (χ1) is 7.25. The second kappa shape index (κ2) is 4.15. The molecule has 0 spiro atoms. The van der Waals surface area contributed by atoms with Gasteiger partial charge in [-0.3, -0.25) is 9.89 Å². The number of aromatic nitrogens is 2. The summed E-state index contributed by atoms with van der Waals surface area (Å²) >= 11 is 0. The van der Waals surface area contributed by atoms with E-state index in [9.17, 15) is 18.0 Å². The van der Waals surface area contributed by atoms with E-state index in [1.165, 1.54) is 0 Å². The van der Waals surface area contributed by atoms with Crippen molar-refractivity contribution in [1.82, 2.24) is 10.2 Å². The number of carboxylic acid groups (broad SMARTS) is 1. The summed E-state index contributed by atoms with van der Waals surface area (Å²) in [6.07, 6.45) is -3.70. The Labute approximate surface area is 89.5 Å². The van der Waals surface area contributed by atoms with Gasteiger partial charge in [0.25, 0.3) is 0 Å². The molecule has 1 rings (SSSR count). The van der Waals surface area contributed by atoms with Crippen molar-refractivity contribution in [3.63, 3.8) is 0 Å². The van der Waals surface area contributed by atoms with E-state index in [0.717, 1.165) is 6.20 Å². The first-order valence-electron chi connectivity index (χ1n) is 4.58. The molecule has 0 aliphatic carbocycles. The molecule has 0 aliphatic rings. The standard InChI is InChI=1S/C9H11F3N2O2/c1-4(2)6(8(15)16)5-3-13-14-7(5)9(10,11)12/h3-4,6H,1-2H3,(H,13,14)(H,15,16). The minimum Gasteiger partial charge on any atom is -0.481 e. The van der Waals surface area contributed by atoms with Crippen molar-refractivity contribution >= 4 is 5.97 Å². The van der Waals surface area contributed by atoms with Crippen LogP contribution in [0.15, 0.2) is 6.20 Å². The number of hydrogen-bond donors (Lipinski definition) is 2. The molecule has 90 valence electrons. The molecule has 0 saturated carbocycles. The molecule has 0 aliphatic heterocycles. The van der Waals surface area contributed by atoms with Crippen molar-refractivity contribution in [2.24, 2.45) is 5.92 Å². The smallest absolute Gasteiger partial charge is 0.433 e. The Morgan fingerprint density at radius 1 is 1.50 bits per heavy atom. The minimum atomic E-state index is -4.62. The van der Waals surface area contributed by atoms with Gasteiger partial charge in [-0.1, -0.05) is 13.8 Å². The Hall–Kier alpha value is -1.53. The Kier molecular flexibility index (Phi) is 3.25. The molecule has 1 aromatic rings. The lowest BCUT2D eigenvalue weighted by molar-refractivity contribution is -0.144. The summed E-state index contributed by atoms with van der Waals surface area (Å²) in [5, 5.41) is 14.0. The highest BCUT2D eigenvalue weighted by Crippen LogP contribution is 2.36. The fourth-order valence-electron chi connectivity index (χ4n) is 1.54. The third-order valence-electron chi connectivity index (χ3n) is 2.22. The second-order valence-electron chi connectivity index (χ2n) is 3.76. The van der Waals surface area contributed by atoms with Crippen LogP contribution in [-0.4, -0.2) is 21.3 Å². The van der Waals surface area contributed by atoms with Gasteiger partial charge < -0.3 is 5.11 Å². The molecule has 1 atom stereocenters. The van der Waals surface area contributed by atoms with Gasteiger partial charge in [-0.2, -0.15) is 18.3 Å². The highest BCUT2D eigenvalue weighted by atomic mass is 19.4. The predicted octanol–water partition coefficient (Wildman–Crippen LogP) is 2.25. The van der Waals surface area contributed by atoms with Gasteiger partial charge in [0.1, 0.15) is 5.69 Å². The predicted molar refractivity (Wildman–Crippen MR) is 48.8 cm³/mol. The molecule has 0 fully saturated rings. The van der Waals surface area contributed by atoms with Crippen molar-refractivity contribution in [2.75, 3.05) is 0 Å². The van der Waals surface area contributed by atoms with Gasteiger partial charge in [0, 0.05) is 5.56 Å². The van der Waals surface area contributed by atoms with Crippen LogP contribution in [0.4, 0.5) is 13.2 Å². The maximum absolute atomic E-state index is 12.5. The number of halogens is 3. The number of aromatic amines is 1. The molecule has 16 heavy (non-hydrogen) atoms. The molecular formula is C9H11F3N2O2. The average Bonchev–Trinajstić information content (AvgIpc) is 2.49. The Balaban J connectivity index is 3.21. The molecule has 2 N–H and O–H groups in total. The van der Waals surface area contributed by atoms with E-state index in [2.05, 4.69) is 5.10 Å². The van der Waals surface area contributed by atoms with Crippen molar-refractivity contribution in [2.45, 2.75) is 25.9 Å². The van der Waals surface area contributed by atoms with Crippen molar-refractivity contribution in [1.29, 1.82) is 0 Å². The Morgan fingerprint density at radius 2 is 2.06 bits per heavy atom. The van der Waals surface area contributed by atoms with Gasteiger partial charge in [-0.15, -0.1) is 0 Å². The van der Waals surface area contributed by atoms with E-state index in [4.69, 9.17) is 5.11 Å². The quantitative estimate of drug-likeness (QED) is 0.845. The molecule has 0 bridgehead atoms. The molecule has 0 radical (unpaired) electrons. The molecule has 7 heteroatoms. The van der Waals surface area contributed by atoms with Crippen LogP contribution in [-0.2, 0) is 11.0 Å². The maximum atomic E-state index is 12.5. The normalized spacial score (nSPS) is 14.1. The summed E-state index contributed by atoms with van der Waals surface area (Å²) in [6.45, 7) is 3.10. The number of H-pyrrole nitrogens is 1. The number of aliphatic carboxylic acids is 1. The zero-order valence-corrected chi connectivity index (χ0v) is 8.67. The Bertz CT molecular complexity index is 384. The van der Waals surface area contributed by atoms with Crippen LogP contribution >= 0.6 is 0 Å². The first kappa shape index (κ1) is 12.5. The molecular weight excluding hydrogens is 225 g/mol. The topological polar surface area (TPSA) is 66.0 Å². The monoisotopic (exact) mass is 236 g/mol. The lowest BCUT2D eigenvalue weighted by atomic mass is 9.89. The van der Waals surface area contributed by atoms with Crippen LogP contribution in [0.5, 0.6) is 0 Å². The van der Waals surface area contributed by atoms with Gasteiger partial charge in [-0.05, 0) is 5.92 Å². The van der Waals surface area contributed by atoms with Crippen LogP contribution in [0.3, 0.4) is 0 Å². The zero-order chi connectivity index (χ0) is 12.5. The molecule has 1 unspecified atom stereocenters. The summed E-state index contributed by atoms with van der Waals surface area (Å²) in [5.74, 6) is -2.95. The molecule has 4 nitrogen and oxygen atoms in total. The van der Waals surface area contributed by atoms with E-state index in [1.54, 1.807) is 18.9 Å². The number of rotatable bonds is 3. The zero-order valence-electron chi connectivity index (χ0n) is 8.67. The summed E-state index contributed by atoms with van der Waals surface area (Å²) < 4.78 is 37.5. The van der Waals surface area contributed by atoms with E-state index >= 15 is 0 Å². The minimum absolute atomic E-state index is 0.324. The lowest BCUT2D eigenvalue weighted by Crippen LogP contribution is -2.21. The van der Waals surface area contributed by atoms with Crippen LogP contribution in [0, 0.1) is 5.92 Å². The molecule has 1 heterocycles. The van der Waals surface area contributed by atoms with E-state index < -0.39 is 29.7 Å². The number of hydrogen-bond acceptors (Lipinski definition) is 2. The SMILES string of the molecule is CC(C)C(C(=O)O)c1cn[nH]c1C(F)(F)F. The number of nitrogens with zero attached hydrogens (tertiary/aromatic N) is 1. The third-order valence-corrected chi connectivity index (χ3v) is 2.22. The molecule has 0 amide bonds. The maximum Gasteiger partial charge on any atom is 0.433 e. The van der Waals surface area contributed by atoms with Gasteiger partial charge in [0.05, 0.1) is 12.1 Å². The summed E-state index contributed by atoms with van der Waals surface area (Å²) in [4.78, 5) is 10.9. The number of alkyl halides is 3. The molecule has 0 aromatic carbocycles. The first-order valence-corrected chi connectivity index (χ1v) is 4.58. The van der Waals surface area contributed by atoms with Crippen LogP contribution in [0.25, 0.3) is 0 Å². The summed E-state index contributed by atoms with van der Waals surface area (Å²) in [7, 11) is 0. The molecule has 1 aromatic heterocycles. The van der Waals surface area contributed by atoms with Crippen LogP contribution in [0.1, 0.15) is 31.0 Å². The highest BCUT2D eigenvalue weighted by Gasteiger charge is 2.40. The van der Waals surface area contributed by atoms with Crippen molar-refractivity contribution < 1.29 is 23.1 Å². The lowest BCUT2D eigenvalue weighted by Gasteiger charge is -2.17. The van der Waals surface area contributed by atoms with Crippen LogP contribution < -0.4 is 0 Å². The van der Waals surface area contributed by atoms with Crippen molar-refractivity contribution in [3.8, 4) is 0 Å². The Morgan fingerprint density at radius 3 is 2.44 bits per heavy atom. The second-order valence-corrected chi connectivity index (χ2v) is 3.76. The van der Waals surface area contributed by atoms with Gasteiger partial charge in [-0.25, -0.2) is 0 Å². The average molecular weight is 236 g/mol. The van der Waals surface area contributed by atoms with Gasteiger partial charge in [0.15, 0.2) is 0 Å². The fourth-order valence-corrected chi connectivity index (χ4v) is 1.54. The fraction of sp³-hybridized carbons (Fsp3) is 0.556. The van der Waals surface area contributed by atoms with E-state index in [1.807, 2.05) is 0 Å². The summed E-state index contributed by atoms with van der Waals surface area (Å²) in [6, 6.07) is 0.